The van der Waals surface area contributed by atoms with Crippen molar-refractivity contribution in [1.29, 1.82) is 0 Å². The Labute approximate surface area is 172 Å². The summed E-state index contributed by atoms with van der Waals surface area (Å²) in [5.41, 5.74) is 3.60. The van der Waals surface area contributed by atoms with E-state index in [9.17, 15) is 13.2 Å². The molecule has 1 N–H and O–H groups in total. The number of hydrogen-bond donors (Lipinski definition) is 1. The minimum absolute atomic E-state index is 0.138. The number of sulfonamides is 1. The van der Waals surface area contributed by atoms with Crippen molar-refractivity contribution in [1.82, 2.24) is 9.73 Å². The third-order valence-corrected chi connectivity index (χ3v) is 7.20. The summed E-state index contributed by atoms with van der Waals surface area (Å²) in [7, 11) is -3.57. The zero-order chi connectivity index (χ0) is 19.3. The maximum atomic E-state index is 12.8. The number of hydrazone groups is 1. The molecule has 0 unspecified atom stereocenters. The number of piperidine rings is 1. The Morgan fingerprint density at radius 1 is 1.07 bits per heavy atom. The molecule has 0 saturated carbocycles. The minimum Gasteiger partial charge on any atom is -0.267 e. The first-order valence-corrected chi connectivity index (χ1v) is 11.2. The smallest absolute Gasteiger partial charge is 0.267 e. The van der Waals surface area contributed by atoms with E-state index in [0.717, 1.165) is 28.4 Å². The standard InChI is InChI=1S/C19H20IN3O3S/c20-18-10-3-2-7-16(18)14-21-22-19(24)15-8-6-9-17(13-15)27(25,26)23-11-4-1-5-12-23/h2-3,6-10,13-14H,1,4-5,11-12H2,(H,22,24)/b21-14+. The van der Waals surface area contributed by atoms with E-state index in [1.165, 1.54) is 16.4 Å². The van der Waals surface area contributed by atoms with Crippen LogP contribution in [0.5, 0.6) is 0 Å². The summed E-state index contributed by atoms with van der Waals surface area (Å²) >= 11 is 2.19. The number of halogens is 1. The second-order valence-electron chi connectivity index (χ2n) is 6.21. The average Bonchev–Trinajstić information content (AvgIpc) is 2.70. The van der Waals surface area contributed by atoms with E-state index in [2.05, 4.69) is 33.1 Å². The number of amides is 1. The highest BCUT2D eigenvalue weighted by Gasteiger charge is 2.26. The zero-order valence-electron chi connectivity index (χ0n) is 14.6. The third-order valence-electron chi connectivity index (χ3n) is 4.32. The van der Waals surface area contributed by atoms with E-state index >= 15 is 0 Å². The van der Waals surface area contributed by atoms with Crippen LogP contribution in [0.2, 0.25) is 0 Å². The van der Waals surface area contributed by atoms with Crippen molar-refractivity contribution in [3.63, 3.8) is 0 Å². The van der Waals surface area contributed by atoms with Crippen molar-refractivity contribution in [2.75, 3.05) is 13.1 Å². The van der Waals surface area contributed by atoms with Gasteiger partial charge in [-0.25, -0.2) is 13.8 Å². The van der Waals surface area contributed by atoms with Crippen molar-refractivity contribution < 1.29 is 13.2 Å². The highest BCUT2D eigenvalue weighted by atomic mass is 127. The fourth-order valence-electron chi connectivity index (χ4n) is 2.86. The molecule has 0 radical (unpaired) electrons. The summed E-state index contributed by atoms with van der Waals surface area (Å²) in [6.45, 7) is 1.05. The van der Waals surface area contributed by atoms with Crippen LogP contribution in [-0.4, -0.2) is 37.9 Å². The number of rotatable bonds is 5. The van der Waals surface area contributed by atoms with Gasteiger partial charge in [0.1, 0.15) is 0 Å². The molecule has 1 aliphatic heterocycles. The molecule has 6 nitrogen and oxygen atoms in total. The van der Waals surface area contributed by atoms with Gasteiger partial charge in [0.2, 0.25) is 10.0 Å². The van der Waals surface area contributed by atoms with Gasteiger partial charge in [-0.3, -0.25) is 4.79 Å². The third kappa shape index (κ3) is 4.94. The van der Waals surface area contributed by atoms with Gasteiger partial charge in [-0.1, -0.05) is 30.7 Å². The van der Waals surface area contributed by atoms with Crippen molar-refractivity contribution >= 4 is 44.7 Å². The van der Waals surface area contributed by atoms with Crippen LogP contribution in [-0.2, 0) is 10.0 Å². The second kappa shape index (κ2) is 8.94. The van der Waals surface area contributed by atoms with Crippen LogP contribution in [0.15, 0.2) is 58.5 Å². The van der Waals surface area contributed by atoms with Crippen LogP contribution in [0.1, 0.15) is 35.2 Å². The van der Waals surface area contributed by atoms with Crippen LogP contribution in [0.3, 0.4) is 0 Å². The molecule has 2 aromatic carbocycles. The molecule has 1 fully saturated rings. The van der Waals surface area contributed by atoms with Gasteiger partial charge in [0, 0.05) is 27.8 Å². The summed E-state index contributed by atoms with van der Waals surface area (Å²) in [6.07, 6.45) is 4.35. The highest BCUT2D eigenvalue weighted by Crippen LogP contribution is 2.21. The van der Waals surface area contributed by atoms with E-state index in [4.69, 9.17) is 0 Å². The van der Waals surface area contributed by atoms with Gasteiger partial charge < -0.3 is 0 Å². The lowest BCUT2D eigenvalue weighted by Crippen LogP contribution is -2.35. The largest absolute Gasteiger partial charge is 0.271 e. The SMILES string of the molecule is O=C(N/N=C/c1ccccc1I)c1cccc(S(=O)(=O)N2CCCCC2)c1. The number of nitrogens with zero attached hydrogens (tertiary/aromatic N) is 2. The van der Waals surface area contributed by atoms with Crippen LogP contribution < -0.4 is 5.43 Å². The summed E-state index contributed by atoms with van der Waals surface area (Å²) < 4.78 is 28.0. The zero-order valence-corrected chi connectivity index (χ0v) is 17.6. The normalized spacial score (nSPS) is 15.7. The van der Waals surface area contributed by atoms with Gasteiger partial charge in [-0.2, -0.15) is 9.41 Å². The number of benzene rings is 2. The molecule has 2 aromatic rings. The summed E-state index contributed by atoms with van der Waals surface area (Å²) in [4.78, 5) is 12.5. The Morgan fingerprint density at radius 3 is 2.56 bits per heavy atom. The van der Waals surface area contributed by atoms with Crippen LogP contribution in [0.4, 0.5) is 0 Å². The number of hydrogen-bond acceptors (Lipinski definition) is 4. The second-order valence-corrected chi connectivity index (χ2v) is 9.31. The summed E-state index contributed by atoms with van der Waals surface area (Å²) in [6, 6.07) is 13.7. The van der Waals surface area contributed by atoms with Crippen molar-refractivity contribution in [2.24, 2.45) is 5.10 Å². The van der Waals surface area contributed by atoms with E-state index in [-0.39, 0.29) is 10.5 Å². The first kappa shape index (κ1) is 20.0. The number of carbonyl (C=O) groups excluding carboxylic acids is 1. The molecule has 1 amide bonds. The quantitative estimate of drug-likeness (QED) is 0.392. The predicted octanol–water partition coefficient (Wildman–Crippen LogP) is 3.23. The molecule has 0 aromatic heterocycles. The highest BCUT2D eigenvalue weighted by molar-refractivity contribution is 14.1. The Hall–Kier alpha value is -1.78. The van der Waals surface area contributed by atoms with E-state index in [0.29, 0.717) is 13.1 Å². The maximum Gasteiger partial charge on any atom is 0.271 e. The summed E-state index contributed by atoms with van der Waals surface area (Å²) in [5.74, 6) is -0.451. The molecule has 1 heterocycles. The average molecular weight is 497 g/mol. The van der Waals surface area contributed by atoms with Gasteiger partial charge in [-0.05, 0) is 59.7 Å². The topological polar surface area (TPSA) is 78.8 Å². The summed E-state index contributed by atoms with van der Waals surface area (Å²) in [5, 5.41) is 3.97. The molecule has 0 aliphatic carbocycles. The van der Waals surface area contributed by atoms with E-state index in [1.54, 1.807) is 18.3 Å². The Kier molecular flexibility index (Phi) is 6.61. The lowest BCUT2D eigenvalue weighted by molar-refractivity contribution is 0.0955. The lowest BCUT2D eigenvalue weighted by atomic mass is 10.2. The molecule has 3 rings (SSSR count). The van der Waals surface area contributed by atoms with Gasteiger partial charge in [0.05, 0.1) is 11.1 Å². The molecule has 0 bridgehead atoms. The first-order chi connectivity index (χ1) is 13.0. The molecule has 1 saturated heterocycles. The monoisotopic (exact) mass is 497 g/mol. The van der Waals surface area contributed by atoms with E-state index in [1.807, 2.05) is 24.3 Å². The molecule has 142 valence electrons. The Balaban J connectivity index is 1.73. The molecular weight excluding hydrogens is 477 g/mol. The van der Waals surface area contributed by atoms with Crippen molar-refractivity contribution in [3.8, 4) is 0 Å². The van der Waals surface area contributed by atoms with Crippen LogP contribution >= 0.6 is 22.6 Å². The Morgan fingerprint density at radius 2 is 1.81 bits per heavy atom. The molecule has 0 spiro atoms. The fraction of sp³-hybridized carbons (Fsp3) is 0.263. The molecule has 1 aliphatic rings. The van der Waals surface area contributed by atoms with Gasteiger partial charge >= 0.3 is 0 Å². The van der Waals surface area contributed by atoms with Crippen LogP contribution in [0, 0.1) is 3.57 Å². The number of carbonyl (C=O) groups is 1. The van der Waals surface area contributed by atoms with E-state index < -0.39 is 15.9 Å². The van der Waals surface area contributed by atoms with Crippen LogP contribution in [0.25, 0.3) is 0 Å². The molecule has 8 heteroatoms. The molecule has 27 heavy (non-hydrogen) atoms. The van der Waals surface area contributed by atoms with Gasteiger partial charge in [0.15, 0.2) is 0 Å². The molecular formula is C19H20IN3O3S. The number of nitrogens with one attached hydrogen (secondary N) is 1. The Bertz CT molecular complexity index is 954. The molecule has 0 atom stereocenters. The first-order valence-electron chi connectivity index (χ1n) is 8.66. The van der Waals surface area contributed by atoms with Gasteiger partial charge in [-0.15, -0.1) is 0 Å². The van der Waals surface area contributed by atoms with Crippen molar-refractivity contribution in [3.05, 3.63) is 63.2 Å². The maximum absolute atomic E-state index is 12.8. The lowest BCUT2D eigenvalue weighted by Gasteiger charge is -2.25. The fourth-order valence-corrected chi connectivity index (χ4v) is 4.95. The predicted molar refractivity (Wildman–Crippen MR) is 113 cm³/mol. The van der Waals surface area contributed by atoms with Gasteiger partial charge in [0.25, 0.3) is 5.91 Å². The van der Waals surface area contributed by atoms with Crippen molar-refractivity contribution in [2.45, 2.75) is 24.2 Å². The minimum atomic E-state index is -3.57.